The van der Waals surface area contributed by atoms with Crippen LogP contribution in [0.4, 0.5) is 10.1 Å². The van der Waals surface area contributed by atoms with Crippen LogP contribution in [0.3, 0.4) is 0 Å². The van der Waals surface area contributed by atoms with Gasteiger partial charge < -0.3 is 4.90 Å². The number of carbonyl (C=O) groups excluding carboxylic acids is 1. The maximum atomic E-state index is 13.7. The molecule has 0 bridgehead atoms. The average Bonchev–Trinajstić information content (AvgIpc) is 2.63. The number of benzene rings is 1. The normalized spacial score (nSPS) is 16.2. The number of hydrogen-bond donors (Lipinski definition) is 0. The van der Waals surface area contributed by atoms with Gasteiger partial charge in [0.05, 0.1) is 12.2 Å². The summed E-state index contributed by atoms with van der Waals surface area (Å²) in [5.41, 5.74) is 1.73. The predicted octanol–water partition coefficient (Wildman–Crippen LogP) is 4.36. The minimum Gasteiger partial charge on any atom is -0.305 e. The highest BCUT2D eigenvalue weighted by Gasteiger charge is 2.47. The summed E-state index contributed by atoms with van der Waals surface area (Å²) >= 11 is 12.7. The molecule has 0 N–H and O–H groups in total. The van der Waals surface area contributed by atoms with Crippen LogP contribution in [-0.2, 0) is 14.6 Å². The molecule has 1 aromatic heterocycles. The fourth-order valence-electron chi connectivity index (χ4n) is 2.25. The lowest BCUT2D eigenvalue weighted by Gasteiger charge is -2.18. The van der Waals surface area contributed by atoms with Gasteiger partial charge in [0.1, 0.15) is 0 Å². The summed E-state index contributed by atoms with van der Waals surface area (Å²) in [5, 5.41) is 0.527. The number of anilines is 1. The van der Waals surface area contributed by atoms with Gasteiger partial charge in [-0.05, 0) is 24.3 Å². The van der Waals surface area contributed by atoms with Crippen LogP contribution in [0.15, 0.2) is 36.5 Å². The lowest BCUT2D eigenvalue weighted by molar-refractivity contribution is -0.118. The minimum absolute atomic E-state index is 0.103. The summed E-state index contributed by atoms with van der Waals surface area (Å²) in [6.07, 6.45) is 1.37. The molecule has 0 saturated carbocycles. The molecule has 0 atom stereocenters. The quantitative estimate of drug-likeness (QED) is 0.520. The highest BCUT2D eigenvalue weighted by molar-refractivity contribution is 9.25. The van der Waals surface area contributed by atoms with Crippen LogP contribution in [-0.4, -0.2) is 10.9 Å². The van der Waals surface area contributed by atoms with Crippen molar-refractivity contribution in [1.29, 1.82) is 0 Å². The molecule has 1 aliphatic rings. The third kappa shape index (κ3) is 2.49. The molecule has 1 aromatic carbocycles. The van der Waals surface area contributed by atoms with Crippen molar-refractivity contribution in [3.8, 4) is 0 Å². The summed E-state index contributed by atoms with van der Waals surface area (Å²) in [4.78, 5) is 17.7. The van der Waals surface area contributed by atoms with Crippen molar-refractivity contribution >= 4 is 55.1 Å². The Labute approximate surface area is 142 Å². The second-order valence-electron chi connectivity index (χ2n) is 4.58. The number of carbonyl (C=O) groups is 1. The van der Waals surface area contributed by atoms with Gasteiger partial charge in [0.25, 0.3) is 5.91 Å². The maximum Gasteiger partial charge on any atom is 0.259 e. The molecule has 2 aromatic rings. The van der Waals surface area contributed by atoms with Gasteiger partial charge in [-0.25, -0.2) is 4.98 Å². The Balaban J connectivity index is 2.05. The van der Waals surface area contributed by atoms with Crippen LogP contribution in [0.5, 0.6) is 0 Å². The summed E-state index contributed by atoms with van der Waals surface area (Å²) in [7, 11) is 0. The summed E-state index contributed by atoms with van der Waals surface area (Å²) in [5.74, 6) is -0.814. The van der Waals surface area contributed by atoms with Crippen molar-refractivity contribution in [2.45, 2.75) is 9.78 Å². The fraction of sp³-hybridized carbons (Fsp3) is 0.143. The summed E-state index contributed by atoms with van der Waals surface area (Å²) < 4.78 is 12.7. The third-order valence-electron chi connectivity index (χ3n) is 3.27. The Morgan fingerprint density at radius 2 is 2.10 bits per heavy atom. The SMILES string of the molecule is O=C1N(Cc2cccnc2F)c2ccc(Cl)cc2C1(Br)Br. The first kappa shape index (κ1) is 14.9. The molecule has 7 heteroatoms. The number of pyridine rings is 1. The molecule has 0 aliphatic carbocycles. The molecule has 0 radical (unpaired) electrons. The monoisotopic (exact) mass is 432 g/mol. The molecule has 2 heterocycles. The standard InChI is InChI=1S/C14H8Br2ClFN2O/c15-14(16)10-6-9(17)3-4-11(10)20(13(14)21)7-8-2-1-5-19-12(8)18/h1-6H,7H2. The first-order valence-electron chi connectivity index (χ1n) is 6.00. The van der Waals surface area contributed by atoms with Crippen LogP contribution >= 0.6 is 43.5 Å². The number of hydrogen-bond acceptors (Lipinski definition) is 2. The molecular formula is C14H8Br2ClFN2O. The van der Waals surface area contributed by atoms with E-state index in [0.29, 0.717) is 21.8 Å². The van der Waals surface area contributed by atoms with E-state index in [1.807, 2.05) is 0 Å². The zero-order valence-electron chi connectivity index (χ0n) is 10.5. The van der Waals surface area contributed by atoms with E-state index in [-0.39, 0.29) is 12.5 Å². The Morgan fingerprint density at radius 1 is 1.33 bits per heavy atom. The lowest BCUT2D eigenvalue weighted by atomic mass is 10.1. The zero-order chi connectivity index (χ0) is 15.2. The average molecular weight is 434 g/mol. The number of amides is 1. The van der Waals surface area contributed by atoms with E-state index in [2.05, 4.69) is 36.8 Å². The van der Waals surface area contributed by atoms with Crippen LogP contribution in [0.25, 0.3) is 0 Å². The number of alkyl halides is 2. The third-order valence-corrected chi connectivity index (χ3v) is 5.03. The van der Waals surface area contributed by atoms with E-state index in [1.165, 1.54) is 11.1 Å². The molecule has 108 valence electrons. The lowest BCUT2D eigenvalue weighted by Crippen LogP contribution is -2.32. The maximum absolute atomic E-state index is 13.7. The molecule has 0 saturated heterocycles. The van der Waals surface area contributed by atoms with E-state index < -0.39 is 9.18 Å². The highest BCUT2D eigenvalue weighted by Crippen LogP contribution is 2.51. The van der Waals surface area contributed by atoms with Crippen molar-refractivity contribution < 1.29 is 9.18 Å². The first-order valence-corrected chi connectivity index (χ1v) is 7.97. The second kappa shape index (κ2) is 5.34. The van der Waals surface area contributed by atoms with Crippen molar-refractivity contribution in [2.75, 3.05) is 4.90 Å². The predicted molar refractivity (Wildman–Crippen MR) is 86.4 cm³/mol. The highest BCUT2D eigenvalue weighted by atomic mass is 79.9. The van der Waals surface area contributed by atoms with Gasteiger partial charge in [-0.3, -0.25) is 4.79 Å². The molecule has 3 nitrogen and oxygen atoms in total. The molecule has 0 fully saturated rings. The zero-order valence-corrected chi connectivity index (χ0v) is 14.4. The largest absolute Gasteiger partial charge is 0.305 e. The number of halogens is 4. The second-order valence-corrected chi connectivity index (χ2v) is 8.46. The smallest absolute Gasteiger partial charge is 0.259 e. The molecule has 21 heavy (non-hydrogen) atoms. The van der Waals surface area contributed by atoms with Crippen LogP contribution in [0, 0.1) is 5.95 Å². The Bertz CT molecular complexity index is 739. The van der Waals surface area contributed by atoms with Crippen LogP contribution in [0.2, 0.25) is 5.02 Å². The molecule has 3 rings (SSSR count). The van der Waals surface area contributed by atoms with Gasteiger partial charge in [-0.2, -0.15) is 4.39 Å². The number of fused-ring (bicyclic) bond motifs is 1. The van der Waals surface area contributed by atoms with Crippen LogP contribution in [0.1, 0.15) is 11.1 Å². The minimum atomic E-state index is -1.04. The molecule has 1 aliphatic heterocycles. The Hall–Kier alpha value is -0.980. The van der Waals surface area contributed by atoms with Gasteiger partial charge in [0.2, 0.25) is 5.95 Å². The van der Waals surface area contributed by atoms with Gasteiger partial charge in [-0.1, -0.05) is 49.5 Å². The molecule has 0 spiro atoms. The number of aromatic nitrogens is 1. The Kier molecular flexibility index (Phi) is 3.80. The number of rotatable bonds is 2. The van der Waals surface area contributed by atoms with Crippen LogP contribution < -0.4 is 4.90 Å². The van der Waals surface area contributed by atoms with Gasteiger partial charge in [-0.15, -0.1) is 0 Å². The van der Waals surface area contributed by atoms with E-state index >= 15 is 0 Å². The van der Waals surface area contributed by atoms with Gasteiger partial charge >= 0.3 is 0 Å². The van der Waals surface area contributed by atoms with Crippen molar-refractivity contribution in [3.05, 3.63) is 58.6 Å². The number of nitrogens with zero attached hydrogens (tertiary/aromatic N) is 2. The summed E-state index contributed by atoms with van der Waals surface area (Å²) in [6.45, 7) is 0.103. The first-order chi connectivity index (χ1) is 9.91. The van der Waals surface area contributed by atoms with E-state index in [0.717, 1.165) is 0 Å². The fourth-order valence-corrected chi connectivity index (χ4v) is 3.49. The van der Waals surface area contributed by atoms with Crippen molar-refractivity contribution in [2.24, 2.45) is 0 Å². The van der Waals surface area contributed by atoms with E-state index in [4.69, 9.17) is 11.6 Å². The summed E-state index contributed by atoms with van der Waals surface area (Å²) in [6, 6.07) is 8.39. The van der Waals surface area contributed by atoms with Crippen molar-refractivity contribution in [1.82, 2.24) is 4.98 Å². The molecule has 1 amide bonds. The van der Waals surface area contributed by atoms with Crippen molar-refractivity contribution in [3.63, 3.8) is 0 Å². The van der Waals surface area contributed by atoms with Gasteiger partial charge in [0, 0.05) is 22.3 Å². The molecular weight excluding hydrogens is 426 g/mol. The topological polar surface area (TPSA) is 33.2 Å². The Morgan fingerprint density at radius 3 is 2.81 bits per heavy atom. The van der Waals surface area contributed by atoms with E-state index in [9.17, 15) is 9.18 Å². The molecule has 0 unspecified atom stereocenters. The van der Waals surface area contributed by atoms with E-state index in [1.54, 1.807) is 30.3 Å². The van der Waals surface area contributed by atoms with Gasteiger partial charge in [0.15, 0.2) is 3.23 Å².